The van der Waals surface area contributed by atoms with Crippen molar-refractivity contribution in [3.05, 3.63) is 36.4 Å². The van der Waals surface area contributed by atoms with Crippen LogP contribution in [0.4, 0.5) is 0 Å². The van der Waals surface area contributed by atoms with E-state index in [1.54, 1.807) is 44.2 Å². The second-order valence-corrected chi connectivity index (χ2v) is 8.30. The minimum atomic E-state index is -4.25. The van der Waals surface area contributed by atoms with Crippen LogP contribution in [-0.2, 0) is 28.6 Å². The van der Waals surface area contributed by atoms with Crippen molar-refractivity contribution < 1.29 is 25.2 Å². The molecule has 8 heteroatoms. The van der Waals surface area contributed by atoms with Crippen molar-refractivity contribution >= 4 is 31.0 Å². The molecule has 0 fully saturated rings. The van der Waals surface area contributed by atoms with E-state index in [1.807, 2.05) is 0 Å². The van der Waals surface area contributed by atoms with Crippen molar-refractivity contribution in [1.29, 1.82) is 0 Å². The van der Waals surface area contributed by atoms with Crippen LogP contribution in [0.25, 0.3) is 10.8 Å². The topological polar surface area (TPSA) is 86.7 Å². The summed E-state index contributed by atoms with van der Waals surface area (Å²) in [6.45, 7) is 3.48. The Labute approximate surface area is 142 Å². The average Bonchev–Trinajstić information content (AvgIpc) is 2.57. The molecule has 132 valence electrons. The van der Waals surface area contributed by atoms with Crippen LogP contribution in [0.3, 0.4) is 0 Å². The maximum Gasteiger partial charge on any atom is 0.299 e. The molecule has 0 aliphatic carbocycles. The normalized spacial score (nSPS) is 12.6. The second-order valence-electron chi connectivity index (χ2n) is 5.17. The molecule has 0 spiro atoms. The van der Waals surface area contributed by atoms with Crippen LogP contribution < -0.4 is 0 Å². The maximum absolute atomic E-state index is 12.6. The van der Waals surface area contributed by atoms with Gasteiger partial charge in [-0.2, -0.15) is 16.8 Å². The smallest absolute Gasteiger partial charge is 0.266 e. The summed E-state index contributed by atoms with van der Waals surface area (Å²) in [4.78, 5) is -0.768. The molecule has 0 aromatic heterocycles. The number of benzene rings is 2. The molecule has 0 bridgehead atoms. The van der Waals surface area contributed by atoms with Gasteiger partial charge >= 0.3 is 0 Å². The van der Waals surface area contributed by atoms with Crippen molar-refractivity contribution in [3.8, 4) is 0 Å². The van der Waals surface area contributed by atoms with E-state index in [9.17, 15) is 16.8 Å². The van der Waals surface area contributed by atoms with E-state index < -0.39 is 25.1 Å². The molecular weight excluding hydrogens is 352 g/mol. The van der Waals surface area contributed by atoms with Crippen molar-refractivity contribution in [2.75, 3.05) is 13.2 Å². The Morgan fingerprint density at radius 1 is 0.792 bits per heavy atom. The largest absolute Gasteiger partial charge is 0.299 e. The van der Waals surface area contributed by atoms with Crippen LogP contribution >= 0.6 is 0 Å². The maximum atomic E-state index is 12.6. The third kappa shape index (κ3) is 3.94. The third-order valence-corrected chi connectivity index (χ3v) is 6.15. The predicted octanol–water partition coefficient (Wildman–Crippen LogP) is 3.07. The first-order valence-electron chi connectivity index (χ1n) is 7.64. The van der Waals surface area contributed by atoms with Gasteiger partial charge in [0.05, 0.1) is 13.2 Å². The molecule has 0 amide bonds. The van der Waals surface area contributed by atoms with E-state index in [0.717, 1.165) is 0 Å². The van der Waals surface area contributed by atoms with Crippen molar-refractivity contribution in [3.63, 3.8) is 0 Å². The molecule has 0 heterocycles. The van der Waals surface area contributed by atoms with E-state index in [-0.39, 0.29) is 23.5 Å². The molecule has 2 rings (SSSR count). The molecule has 6 nitrogen and oxygen atoms in total. The van der Waals surface area contributed by atoms with Gasteiger partial charge in [-0.05, 0) is 24.3 Å². The van der Waals surface area contributed by atoms with Gasteiger partial charge in [0.25, 0.3) is 20.2 Å². The van der Waals surface area contributed by atoms with Crippen LogP contribution in [0.2, 0.25) is 0 Å². The highest BCUT2D eigenvalue weighted by molar-refractivity contribution is 7.90. The minimum Gasteiger partial charge on any atom is -0.266 e. The summed E-state index contributed by atoms with van der Waals surface area (Å²) >= 11 is 0. The van der Waals surface area contributed by atoms with Crippen LogP contribution in [0.5, 0.6) is 0 Å². The molecule has 0 aliphatic rings. The molecule has 0 radical (unpaired) electrons. The van der Waals surface area contributed by atoms with Gasteiger partial charge in [-0.15, -0.1) is 0 Å². The molecule has 0 aliphatic heterocycles. The Balaban J connectivity index is 2.75. The summed E-state index contributed by atoms with van der Waals surface area (Å²) in [6, 6.07) is 9.44. The van der Waals surface area contributed by atoms with E-state index in [0.29, 0.717) is 18.2 Å². The molecule has 2 aromatic carbocycles. The van der Waals surface area contributed by atoms with E-state index in [2.05, 4.69) is 0 Å². The molecule has 2 aromatic rings. The van der Waals surface area contributed by atoms with Gasteiger partial charge in [-0.1, -0.05) is 44.2 Å². The zero-order valence-corrected chi connectivity index (χ0v) is 15.2. The first kappa shape index (κ1) is 18.9. The summed E-state index contributed by atoms with van der Waals surface area (Å²) in [5, 5.41) is 0.889. The number of hydrogen-bond donors (Lipinski definition) is 0. The fourth-order valence-electron chi connectivity index (χ4n) is 2.19. The second kappa shape index (κ2) is 7.60. The number of fused-ring (bicyclic) bond motifs is 1. The van der Waals surface area contributed by atoms with Gasteiger partial charge in [-0.25, -0.2) is 0 Å². The molecule has 0 unspecified atom stereocenters. The molecule has 24 heavy (non-hydrogen) atoms. The number of hydrogen-bond acceptors (Lipinski definition) is 6. The highest BCUT2D eigenvalue weighted by Gasteiger charge is 2.30. The van der Waals surface area contributed by atoms with Gasteiger partial charge in [0.15, 0.2) is 0 Å². The minimum absolute atomic E-state index is 0.0233. The standard InChI is InChI=1S/C16H20O6S2/c1-3-11-21-23(17,18)15-10-9-13-7-5-6-8-14(13)16(15)24(19,20)22-12-4-2/h5-10H,3-4,11-12H2,1-2H3. The zero-order valence-electron chi connectivity index (χ0n) is 13.6. The van der Waals surface area contributed by atoms with Gasteiger partial charge in [0, 0.05) is 5.39 Å². The molecule has 0 saturated heterocycles. The molecule has 0 N–H and O–H groups in total. The Morgan fingerprint density at radius 2 is 1.38 bits per heavy atom. The fraction of sp³-hybridized carbons (Fsp3) is 0.375. The summed E-state index contributed by atoms with van der Waals surface area (Å²) in [6.07, 6.45) is 0.972. The first-order chi connectivity index (χ1) is 11.3. The van der Waals surface area contributed by atoms with Gasteiger partial charge in [0.1, 0.15) is 9.79 Å². The highest BCUT2D eigenvalue weighted by atomic mass is 32.2. The summed E-state index contributed by atoms with van der Waals surface area (Å²) in [5.74, 6) is 0. The Morgan fingerprint density at radius 3 is 2.00 bits per heavy atom. The number of rotatable bonds is 8. The average molecular weight is 372 g/mol. The van der Waals surface area contributed by atoms with Crippen LogP contribution in [0, 0.1) is 0 Å². The molecule has 0 saturated carbocycles. The Hall–Kier alpha value is -1.48. The van der Waals surface area contributed by atoms with E-state index in [4.69, 9.17) is 8.37 Å². The lowest BCUT2D eigenvalue weighted by Crippen LogP contribution is -2.15. The SMILES string of the molecule is CCCOS(=O)(=O)c1ccc2ccccc2c1S(=O)(=O)OCCC. The fourth-order valence-corrected chi connectivity index (χ4v) is 5.16. The van der Waals surface area contributed by atoms with Gasteiger partial charge in [0.2, 0.25) is 0 Å². The third-order valence-electron chi connectivity index (χ3n) is 3.25. The van der Waals surface area contributed by atoms with Crippen LogP contribution in [0.1, 0.15) is 26.7 Å². The monoisotopic (exact) mass is 372 g/mol. The highest BCUT2D eigenvalue weighted by Crippen LogP contribution is 2.32. The van der Waals surface area contributed by atoms with E-state index >= 15 is 0 Å². The van der Waals surface area contributed by atoms with E-state index in [1.165, 1.54) is 6.07 Å². The Kier molecular flexibility index (Phi) is 5.97. The Bertz CT molecular complexity index is 917. The lowest BCUT2D eigenvalue weighted by Gasteiger charge is -2.13. The van der Waals surface area contributed by atoms with Crippen molar-refractivity contribution in [2.24, 2.45) is 0 Å². The quantitative estimate of drug-likeness (QED) is 0.662. The lowest BCUT2D eigenvalue weighted by molar-refractivity contribution is 0.310. The first-order valence-corrected chi connectivity index (χ1v) is 10.5. The van der Waals surface area contributed by atoms with Crippen LogP contribution in [0.15, 0.2) is 46.2 Å². The van der Waals surface area contributed by atoms with Crippen molar-refractivity contribution in [1.82, 2.24) is 0 Å². The predicted molar refractivity (Wildman–Crippen MR) is 90.8 cm³/mol. The van der Waals surface area contributed by atoms with Gasteiger partial charge in [-0.3, -0.25) is 8.37 Å². The van der Waals surface area contributed by atoms with Gasteiger partial charge < -0.3 is 0 Å². The zero-order chi connectivity index (χ0) is 17.8. The summed E-state index contributed by atoms with van der Waals surface area (Å²) in [7, 11) is -8.46. The van der Waals surface area contributed by atoms with Crippen LogP contribution in [-0.4, -0.2) is 30.0 Å². The lowest BCUT2D eigenvalue weighted by atomic mass is 10.1. The molecular formula is C16H20O6S2. The summed E-state index contributed by atoms with van der Waals surface area (Å²) in [5.41, 5.74) is 0. The summed E-state index contributed by atoms with van der Waals surface area (Å²) < 4.78 is 59.9. The molecule has 0 atom stereocenters. The van der Waals surface area contributed by atoms with Crippen molar-refractivity contribution in [2.45, 2.75) is 36.5 Å².